The largest absolute Gasteiger partial charge is 0.435 e. The number of imidazole rings is 1. The van der Waals surface area contributed by atoms with Crippen LogP contribution in [0.15, 0.2) is 67.3 Å². The molecule has 0 spiro atoms. The lowest BCUT2D eigenvalue weighted by Gasteiger charge is -2.09. The van der Waals surface area contributed by atoms with Gasteiger partial charge in [-0.15, -0.1) is 0 Å². The molecule has 0 N–H and O–H groups in total. The van der Waals surface area contributed by atoms with Gasteiger partial charge in [0.2, 0.25) is 5.78 Å². The number of benzene rings is 1. The van der Waals surface area contributed by atoms with Crippen LogP contribution < -0.4 is 4.74 Å². The Morgan fingerprint density at radius 2 is 1.68 bits per heavy atom. The number of rotatable bonds is 4. The number of halogens is 2. The van der Waals surface area contributed by atoms with Crippen LogP contribution in [0.2, 0.25) is 0 Å². The number of hydrogen-bond donors (Lipinski definition) is 0. The maximum Gasteiger partial charge on any atom is 0.387 e. The van der Waals surface area contributed by atoms with Gasteiger partial charge in [-0.3, -0.25) is 9.38 Å². The molecule has 0 saturated heterocycles. The third-order valence-corrected chi connectivity index (χ3v) is 3.73. The van der Waals surface area contributed by atoms with E-state index in [9.17, 15) is 8.78 Å². The van der Waals surface area contributed by atoms with Crippen molar-refractivity contribution >= 4 is 5.78 Å². The zero-order valence-corrected chi connectivity index (χ0v) is 12.9. The monoisotopic (exact) mass is 338 g/mol. The van der Waals surface area contributed by atoms with Crippen molar-refractivity contribution in [1.82, 2.24) is 19.4 Å². The zero-order valence-electron chi connectivity index (χ0n) is 12.9. The Kier molecular flexibility index (Phi) is 3.81. The van der Waals surface area contributed by atoms with Crippen LogP contribution in [0.5, 0.6) is 5.75 Å². The molecule has 3 aromatic heterocycles. The number of fused-ring (bicyclic) bond motifs is 1. The van der Waals surface area contributed by atoms with Gasteiger partial charge >= 0.3 is 6.61 Å². The van der Waals surface area contributed by atoms with Crippen molar-refractivity contribution in [2.75, 3.05) is 0 Å². The minimum atomic E-state index is -2.84. The molecule has 5 nitrogen and oxygen atoms in total. The highest BCUT2D eigenvalue weighted by molar-refractivity contribution is 5.70. The van der Waals surface area contributed by atoms with Crippen molar-refractivity contribution in [3.8, 4) is 28.3 Å². The molecule has 7 heteroatoms. The van der Waals surface area contributed by atoms with E-state index in [4.69, 9.17) is 0 Å². The normalized spacial score (nSPS) is 11.2. The summed E-state index contributed by atoms with van der Waals surface area (Å²) in [4.78, 5) is 12.8. The molecule has 0 fully saturated rings. The van der Waals surface area contributed by atoms with Gasteiger partial charge in [0.25, 0.3) is 0 Å². The van der Waals surface area contributed by atoms with Crippen molar-refractivity contribution in [2.24, 2.45) is 0 Å². The number of nitrogens with zero attached hydrogens (tertiary/aromatic N) is 4. The number of alkyl halides is 2. The topological polar surface area (TPSA) is 52.3 Å². The van der Waals surface area contributed by atoms with Gasteiger partial charge in [0.15, 0.2) is 0 Å². The van der Waals surface area contributed by atoms with Gasteiger partial charge in [-0.1, -0.05) is 0 Å². The first kappa shape index (κ1) is 15.2. The van der Waals surface area contributed by atoms with Gasteiger partial charge in [-0.05, 0) is 42.5 Å². The molecule has 0 radical (unpaired) electrons. The highest BCUT2D eigenvalue weighted by atomic mass is 19.3. The van der Waals surface area contributed by atoms with E-state index < -0.39 is 6.61 Å². The van der Waals surface area contributed by atoms with Crippen LogP contribution in [0.3, 0.4) is 0 Å². The summed E-state index contributed by atoms with van der Waals surface area (Å²) in [6.45, 7) is -2.84. The van der Waals surface area contributed by atoms with Gasteiger partial charge in [0, 0.05) is 35.9 Å². The molecule has 0 aliphatic rings. The number of hydrogen-bond acceptors (Lipinski definition) is 4. The smallest absolute Gasteiger partial charge is 0.387 e. The molecule has 0 atom stereocenters. The van der Waals surface area contributed by atoms with E-state index in [0.717, 1.165) is 16.8 Å². The van der Waals surface area contributed by atoms with Crippen LogP contribution in [-0.2, 0) is 0 Å². The van der Waals surface area contributed by atoms with Crippen molar-refractivity contribution in [1.29, 1.82) is 0 Å². The molecule has 0 amide bonds. The van der Waals surface area contributed by atoms with Gasteiger partial charge in [-0.25, -0.2) is 9.97 Å². The molecule has 4 rings (SSSR count). The summed E-state index contributed by atoms with van der Waals surface area (Å²) in [5.74, 6) is 0.659. The maximum atomic E-state index is 12.3. The number of ether oxygens (including phenoxy) is 1. The van der Waals surface area contributed by atoms with E-state index in [1.54, 1.807) is 30.7 Å². The van der Waals surface area contributed by atoms with Gasteiger partial charge < -0.3 is 4.74 Å². The number of aromatic nitrogens is 4. The summed E-state index contributed by atoms with van der Waals surface area (Å²) >= 11 is 0. The SMILES string of the molecule is FC(F)Oc1ccc(-c2cc(-c3ccncc3)n3ccnc3n2)cc1. The van der Waals surface area contributed by atoms with Crippen LogP contribution >= 0.6 is 0 Å². The van der Waals surface area contributed by atoms with Crippen LogP contribution in [0, 0.1) is 0 Å². The second kappa shape index (κ2) is 6.27. The minimum absolute atomic E-state index is 0.106. The first-order valence-electron chi connectivity index (χ1n) is 7.50. The van der Waals surface area contributed by atoms with Crippen LogP contribution in [-0.4, -0.2) is 26.0 Å². The lowest BCUT2D eigenvalue weighted by atomic mass is 10.1. The first-order chi connectivity index (χ1) is 12.2. The van der Waals surface area contributed by atoms with Gasteiger partial charge in [-0.2, -0.15) is 8.78 Å². The third kappa shape index (κ3) is 3.03. The summed E-state index contributed by atoms with van der Waals surface area (Å²) < 4.78 is 30.8. The standard InChI is InChI=1S/C18H12F2N4O/c19-17(20)25-14-3-1-12(2-4-14)15-11-16(13-5-7-21-8-6-13)24-10-9-22-18(24)23-15/h1-11,17H. The van der Waals surface area contributed by atoms with E-state index in [-0.39, 0.29) is 5.75 Å². The maximum absolute atomic E-state index is 12.3. The van der Waals surface area contributed by atoms with E-state index in [1.165, 1.54) is 12.1 Å². The second-order valence-corrected chi connectivity index (χ2v) is 5.26. The van der Waals surface area contributed by atoms with Crippen molar-refractivity contribution in [2.45, 2.75) is 6.61 Å². The Hall–Kier alpha value is -3.35. The molecule has 25 heavy (non-hydrogen) atoms. The van der Waals surface area contributed by atoms with Gasteiger partial charge in [0.05, 0.1) is 11.4 Å². The Bertz CT molecular complexity index is 1000. The lowest BCUT2D eigenvalue weighted by molar-refractivity contribution is -0.0498. The molecule has 3 heterocycles. The Labute approximate surface area is 141 Å². The molecule has 0 bridgehead atoms. The molecule has 0 saturated carbocycles. The lowest BCUT2D eigenvalue weighted by Crippen LogP contribution is -2.01. The highest BCUT2D eigenvalue weighted by Gasteiger charge is 2.11. The first-order valence-corrected chi connectivity index (χ1v) is 7.50. The summed E-state index contributed by atoms with van der Waals surface area (Å²) in [6, 6.07) is 12.1. The van der Waals surface area contributed by atoms with E-state index in [1.807, 2.05) is 28.8 Å². The third-order valence-electron chi connectivity index (χ3n) is 3.73. The molecule has 0 aliphatic carbocycles. The fraction of sp³-hybridized carbons (Fsp3) is 0.0556. The van der Waals surface area contributed by atoms with E-state index in [0.29, 0.717) is 11.5 Å². The van der Waals surface area contributed by atoms with Crippen molar-refractivity contribution in [3.05, 3.63) is 67.3 Å². The summed E-state index contributed by atoms with van der Waals surface area (Å²) in [7, 11) is 0. The molecule has 0 aliphatic heterocycles. The average Bonchev–Trinajstić information content (AvgIpc) is 3.10. The quantitative estimate of drug-likeness (QED) is 0.563. The summed E-state index contributed by atoms with van der Waals surface area (Å²) in [5.41, 5.74) is 3.35. The highest BCUT2D eigenvalue weighted by Crippen LogP contribution is 2.27. The van der Waals surface area contributed by atoms with Crippen molar-refractivity contribution < 1.29 is 13.5 Å². The fourth-order valence-electron chi connectivity index (χ4n) is 2.61. The minimum Gasteiger partial charge on any atom is -0.435 e. The molecular formula is C18H12F2N4O. The second-order valence-electron chi connectivity index (χ2n) is 5.26. The number of pyridine rings is 1. The van der Waals surface area contributed by atoms with E-state index >= 15 is 0 Å². The van der Waals surface area contributed by atoms with Crippen LogP contribution in [0.1, 0.15) is 0 Å². The van der Waals surface area contributed by atoms with Crippen LogP contribution in [0.4, 0.5) is 8.78 Å². The zero-order chi connectivity index (χ0) is 17.2. The van der Waals surface area contributed by atoms with Crippen molar-refractivity contribution in [3.63, 3.8) is 0 Å². The predicted octanol–water partition coefficient (Wildman–Crippen LogP) is 4.06. The molecule has 1 aromatic carbocycles. The van der Waals surface area contributed by atoms with E-state index in [2.05, 4.69) is 19.7 Å². The Balaban J connectivity index is 1.80. The predicted molar refractivity (Wildman–Crippen MR) is 88.3 cm³/mol. The van der Waals surface area contributed by atoms with Gasteiger partial charge in [0.1, 0.15) is 5.75 Å². The summed E-state index contributed by atoms with van der Waals surface area (Å²) in [5, 5.41) is 0. The molecule has 124 valence electrons. The molecule has 0 unspecified atom stereocenters. The summed E-state index contributed by atoms with van der Waals surface area (Å²) in [6.07, 6.45) is 6.95. The fourth-order valence-corrected chi connectivity index (χ4v) is 2.61. The molecular weight excluding hydrogens is 326 g/mol. The Morgan fingerprint density at radius 3 is 2.40 bits per heavy atom. The molecule has 4 aromatic rings. The average molecular weight is 338 g/mol. The van der Waals surface area contributed by atoms with Crippen LogP contribution in [0.25, 0.3) is 28.3 Å². The Morgan fingerprint density at radius 1 is 0.920 bits per heavy atom.